The van der Waals surface area contributed by atoms with Crippen molar-refractivity contribution in [1.29, 1.82) is 0 Å². The van der Waals surface area contributed by atoms with E-state index in [2.05, 4.69) is 15.1 Å². The highest BCUT2D eigenvalue weighted by molar-refractivity contribution is 6.13. The minimum atomic E-state index is -0.0360. The van der Waals surface area contributed by atoms with Gasteiger partial charge in [0.25, 0.3) is 5.91 Å². The number of hydrazone groups is 1. The van der Waals surface area contributed by atoms with Gasteiger partial charge in [0.05, 0.1) is 29.4 Å². The first-order valence-electron chi connectivity index (χ1n) is 7.51. The van der Waals surface area contributed by atoms with E-state index in [9.17, 15) is 4.79 Å². The zero-order valence-corrected chi connectivity index (χ0v) is 12.1. The molecule has 1 fully saturated rings. The van der Waals surface area contributed by atoms with Gasteiger partial charge < -0.3 is 4.74 Å². The van der Waals surface area contributed by atoms with Gasteiger partial charge >= 0.3 is 0 Å². The monoisotopic (exact) mass is 296 g/mol. The summed E-state index contributed by atoms with van der Waals surface area (Å²) in [7, 11) is 0. The molecule has 0 bridgehead atoms. The normalized spacial score (nSPS) is 19.7. The van der Waals surface area contributed by atoms with Crippen molar-refractivity contribution in [3.8, 4) is 0 Å². The number of anilines is 1. The quantitative estimate of drug-likeness (QED) is 0.851. The summed E-state index contributed by atoms with van der Waals surface area (Å²) in [4.78, 5) is 21.1. The van der Waals surface area contributed by atoms with Crippen LogP contribution >= 0.6 is 0 Å². The van der Waals surface area contributed by atoms with E-state index in [1.54, 1.807) is 6.20 Å². The SMILES string of the molecule is O=C1CC(C2CCOCC2)=NN1c1cnc2ccccc2n1. The molecule has 2 aliphatic rings. The second kappa shape index (κ2) is 5.46. The third-order valence-corrected chi connectivity index (χ3v) is 4.14. The topological polar surface area (TPSA) is 67.7 Å². The van der Waals surface area contributed by atoms with Crippen molar-refractivity contribution in [2.45, 2.75) is 19.3 Å². The number of carbonyl (C=O) groups excluding carboxylic acids is 1. The Morgan fingerprint density at radius 3 is 2.73 bits per heavy atom. The Balaban J connectivity index is 1.65. The first-order valence-corrected chi connectivity index (χ1v) is 7.51. The van der Waals surface area contributed by atoms with Crippen LogP contribution in [0.15, 0.2) is 35.6 Å². The lowest BCUT2D eigenvalue weighted by Crippen LogP contribution is -2.23. The number of hydrogen-bond acceptors (Lipinski definition) is 5. The molecule has 2 aromatic rings. The van der Waals surface area contributed by atoms with Crippen molar-refractivity contribution in [1.82, 2.24) is 9.97 Å². The third kappa shape index (κ3) is 2.35. The summed E-state index contributed by atoms with van der Waals surface area (Å²) < 4.78 is 5.37. The molecule has 4 rings (SSSR count). The van der Waals surface area contributed by atoms with Crippen LogP contribution in [0, 0.1) is 5.92 Å². The Labute approximate surface area is 127 Å². The van der Waals surface area contributed by atoms with Crippen LogP contribution in [0.3, 0.4) is 0 Å². The van der Waals surface area contributed by atoms with Crippen LogP contribution < -0.4 is 5.01 Å². The standard InChI is InChI=1S/C16H16N4O2/c21-16-9-14(11-5-7-22-8-6-11)19-20(16)15-10-17-12-3-1-2-4-13(12)18-15/h1-4,10-11H,5-9H2. The Bertz CT molecular complexity index is 753. The highest BCUT2D eigenvalue weighted by Gasteiger charge is 2.31. The smallest absolute Gasteiger partial charge is 0.254 e. The molecule has 0 saturated carbocycles. The number of amides is 1. The average Bonchev–Trinajstić information content (AvgIpc) is 2.97. The van der Waals surface area contributed by atoms with Gasteiger partial charge in [-0.3, -0.25) is 9.78 Å². The fourth-order valence-electron chi connectivity index (χ4n) is 2.93. The lowest BCUT2D eigenvalue weighted by molar-refractivity contribution is -0.117. The number of carbonyl (C=O) groups is 1. The van der Waals surface area contributed by atoms with E-state index in [1.165, 1.54) is 5.01 Å². The van der Waals surface area contributed by atoms with E-state index in [0.717, 1.165) is 42.8 Å². The predicted octanol–water partition coefficient (Wildman–Crippen LogP) is 2.15. The van der Waals surface area contributed by atoms with Crippen molar-refractivity contribution in [2.24, 2.45) is 11.0 Å². The maximum absolute atomic E-state index is 12.3. The van der Waals surface area contributed by atoms with Crippen molar-refractivity contribution in [3.05, 3.63) is 30.5 Å². The zero-order valence-electron chi connectivity index (χ0n) is 12.1. The summed E-state index contributed by atoms with van der Waals surface area (Å²) in [5, 5.41) is 5.91. The number of nitrogens with zero attached hydrogens (tertiary/aromatic N) is 4. The number of fused-ring (bicyclic) bond motifs is 1. The van der Waals surface area contributed by atoms with Gasteiger partial charge in [0.2, 0.25) is 0 Å². The molecular formula is C16H16N4O2. The van der Waals surface area contributed by atoms with Crippen LogP contribution in [-0.2, 0) is 9.53 Å². The summed E-state index contributed by atoms with van der Waals surface area (Å²) in [5.74, 6) is 0.799. The Morgan fingerprint density at radius 1 is 1.14 bits per heavy atom. The molecule has 0 aliphatic carbocycles. The zero-order chi connectivity index (χ0) is 14.9. The van der Waals surface area contributed by atoms with Crippen molar-refractivity contribution in [2.75, 3.05) is 18.2 Å². The maximum Gasteiger partial charge on any atom is 0.254 e. The molecule has 6 heteroatoms. The van der Waals surface area contributed by atoms with Gasteiger partial charge in [0, 0.05) is 19.1 Å². The summed E-state index contributed by atoms with van der Waals surface area (Å²) in [6.07, 6.45) is 3.85. The van der Waals surface area contributed by atoms with Gasteiger partial charge in [-0.15, -0.1) is 0 Å². The molecule has 0 radical (unpaired) electrons. The molecule has 0 atom stereocenters. The molecule has 112 valence electrons. The van der Waals surface area contributed by atoms with Crippen molar-refractivity contribution >= 4 is 28.5 Å². The van der Waals surface area contributed by atoms with Crippen LogP contribution in [0.4, 0.5) is 5.82 Å². The summed E-state index contributed by atoms with van der Waals surface area (Å²) in [6.45, 7) is 1.49. The Morgan fingerprint density at radius 2 is 1.91 bits per heavy atom. The fraction of sp³-hybridized carbons (Fsp3) is 0.375. The molecule has 2 aliphatic heterocycles. The fourth-order valence-corrected chi connectivity index (χ4v) is 2.93. The van der Waals surface area contributed by atoms with Crippen molar-refractivity contribution < 1.29 is 9.53 Å². The molecule has 22 heavy (non-hydrogen) atoms. The first-order chi connectivity index (χ1) is 10.8. The maximum atomic E-state index is 12.3. The summed E-state index contributed by atoms with van der Waals surface area (Å²) >= 11 is 0. The van der Waals surface area contributed by atoms with Gasteiger partial charge in [-0.1, -0.05) is 12.1 Å². The summed E-state index contributed by atoms with van der Waals surface area (Å²) in [5.41, 5.74) is 2.53. The number of para-hydroxylation sites is 2. The number of rotatable bonds is 2. The molecule has 0 spiro atoms. The minimum absolute atomic E-state index is 0.0360. The van der Waals surface area contributed by atoms with E-state index in [0.29, 0.717) is 18.2 Å². The number of ether oxygens (including phenoxy) is 1. The summed E-state index contributed by atoms with van der Waals surface area (Å²) in [6, 6.07) is 7.60. The van der Waals surface area contributed by atoms with Gasteiger partial charge in [-0.25, -0.2) is 4.98 Å². The van der Waals surface area contributed by atoms with Gasteiger partial charge in [0.1, 0.15) is 0 Å². The van der Waals surface area contributed by atoms with Gasteiger partial charge in [-0.05, 0) is 25.0 Å². The molecule has 1 aromatic heterocycles. The van der Waals surface area contributed by atoms with E-state index >= 15 is 0 Å². The largest absolute Gasteiger partial charge is 0.381 e. The highest BCUT2D eigenvalue weighted by atomic mass is 16.5. The van der Waals surface area contributed by atoms with E-state index in [1.807, 2.05) is 24.3 Å². The highest BCUT2D eigenvalue weighted by Crippen LogP contribution is 2.26. The lowest BCUT2D eigenvalue weighted by Gasteiger charge is -2.21. The van der Waals surface area contributed by atoms with E-state index in [-0.39, 0.29) is 5.91 Å². The second-order valence-electron chi connectivity index (χ2n) is 5.58. The molecule has 0 N–H and O–H groups in total. The molecular weight excluding hydrogens is 280 g/mol. The van der Waals surface area contributed by atoms with Crippen molar-refractivity contribution in [3.63, 3.8) is 0 Å². The number of hydrogen-bond donors (Lipinski definition) is 0. The molecule has 0 unspecified atom stereocenters. The molecule has 3 heterocycles. The van der Waals surface area contributed by atoms with Gasteiger partial charge in [0.15, 0.2) is 5.82 Å². The Kier molecular flexibility index (Phi) is 3.31. The Hall–Kier alpha value is -2.34. The van der Waals surface area contributed by atoms with Crippen LogP contribution in [0.25, 0.3) is 11.0 Å². The molecule has 1 amide bonds. The number of aromatic nitrogens is 2. The predicted molar refractivity (Wildman–Crippen MR) is 82.6 cm³/mol. The third-order valence-electron chi connectivity index (χ3n) is 4.14. The van der Waals surface area contributed by atoms with E-state index in [4.69, 9.17) is 4.74 Å². The van der Waals surface area contributed by atoms with Crippen LogP contribution in [-0.4, -0.2) is 34.8 Å². The van der Waals surface area contributed by atoms with Crippen LogP contribution in [0.5, 0.6) is 0 Å². The average molecular weight is 296 g/mol. The first kappa shape index (κ1) is 13.3. The number of benzene rings is 1. The minimum Gasteiger partial charge on any atom is -0.381 e. The van der Waals surface area contributed by atoms with Gasteiger partial charge in [-0.2, -0.15) is 10.1 Å². The lowest BCUT2D eigenvalue weighted by atomic mass is 9.93. The molecule has 6 nitrogen and oxygen atoms in total. The van der Waals surface area contributed by atoms with Crippen LogP contribution in [0.2, 0.25) is 0 Å². The molecule has 1 aromatic carbocycles. The van der Waals surface area contributed by atoms with E-state index < -0.39 is 0 Å². The molecule has 1 saturated heterocycles. The van der Waals surface area contributed by atoms with Crippen LogP contribution in [0.1, 0.15) is 19.3 Å². The second-order valence-corrected chi connectivity index (χ2v) is 5.58.